The lowest BCUT2D eigenvalue weighted by Gasteiger charge is -2.20. The molecule has 1 saturated heterocycles. The van der Waals surface area contributed by atoms with Gasteiger partial charge in [-0.1, -0.05) is 6.42 Å². The van der Waals surface area contributed by atoms with Crippen LogP contribution in [0.4, 0.5) is 0 Å². The van der Waals surface area contributed by atoms with E-state index in [1.54, 1.807) is 0 Å². The molecule has 3 heteroatoms. The first-order valence-corrected chi connectivity index (χ1v) is 4.91. The summed E-state index contributed by atoms with van der Waals surface area (Å²) in [5.74, 6) is 6.27. The van der Waals surface area contributed by atoms with Crippen molar-refractivity contribution in [2.24, 2.45) is 5.90 Å². The molecule has 0 amide bonds. The molecule has 10 heavy (non-hydrogen) atoms. The summed E-state index contributed by atoms with van der Waals surface area (Å²) in [5.41, 5.74) is 0. The molecule has 0 saturated carbocycles. The van der Waals surface area contributed by atoms with Crippen molar-refractivity contribution in [1.29, 1.82) is 0 Å². The van der Waals surface area contributed by atoms with E-state index in [9.17, 15) is 0 Å². The Balaban J connectivity index is 2.02. The maximum absolute atomic E-state index is 4.94. The third kappa shape index (κ3) is 2.90. The average Bonchev–Trinajstić information content (AvgIpc) is 2.03. The van der Waals surface area contributed by atoms with Crippen molar-refractivity contribution in [2.45, 2.75) is 30.9 Å². The first-order chi connectivity index (χ1) is 4.93. The summed E-state index contributed by atoms with van der Waals surface area (Å²) >= 11 is 2.07. The number of hydrogen-bond donors (Lipinski definition) is 1. The molecule has 0 spiro atoms. The second kappa shape index (κ2) is 4.99. The van der Waals surface area contributed by atoms with Gasteiger partial charge in [0, 0.05) is 5.25 Å². The van der Waals surface area contributed by atoms with Gasteiger partial charge in [-0.2, -0.15) is 11.8 Å². The number of hydrogen-bond acceptors (Lipinski definition) is 3. The lowest BCUT2D eigenvalue weighted by atomic mass is 10.1. The van der Waals surface area contributed by atoms with Crippen LogP contribution in [0.15, 0.2) is 0 Å². The molecule has 0 aromatic carbocycles. The van der Waals surface area contributed by atoms with Crippen molar-refractivity contribution in [1.82, 2.24) is 0 Å². The molecule has 0 radical (unpaired) electrons. The molecular weight excluding hydrogens is 146 g/mol. The highest BCUT2D eigenvalue weighted by atomic mass is 32.2. The Kier molecular flexibility index (Phi) is 4.18. The first-order valence-electron chi connectivity index (χ1n) is 3.87. The average molecular weight is 161 g/mol. The molecule has 1 aliphatic heterocycles. The molecule has 0 aromatic heterocycles. The van der Waals surface area contributed by atoms with Gasteiger partial charge in [-0.15, -0.1) is 0 Å². The smallest absolute Gasteiger partial charge is 0.0689 e. The van der Waals surface area contributed by atoms with Crippen molar-refractivity contribution in [3.8, 4) is 0 Å². The van der Waals surface area contributed by atoms with E-state index < -0.39 is 0 Å². The zero-order valence-corrected chi connectivity index (χ0v) is 7.03. The van der Waals surface area contributed by atoms with Crippen LogP contribution in [-0.2, 0) is 4.84 Å². The molecule has 0 aliphatic carbocycles. The highest BCUT2D eigenvalue weighted by molar-refractivity contribution is 7.99. The van der Waals surface area contributed by atoms with E-state index in [1.807, 2.05) is 0 Å². The summed E-state index contributed by atoms with van der Waals surface area (Å²) in [6, 6.07) is 0. The quantitative estimate of drug-likeness (QED) is 0.638. The molecule has 0 bridgehead atoms. The predicted molar refractivity (Wildman–Crippen MR) is 44.9 cm³/mol. The summed E-state index contributed by atoms with van der Waals surface area (Å²) < 4.78 is 0. The molecule has 2 N–H and O–H groups in total. The minimum atomic E-state index is 0.720. The number of nitrogens with two attached hydrogens (primary N) is 1. The minimum absolute atomic E-state index is 0.720. The Morgan fingerprint density at radius 1 is 1.50 bits per heavy atom. The Hall–Kier alpha value is 0.270. The van der Waals surface area contributed by atoms with Crippen LogP contribution < -0.4 is 5.90 Å². The van der Waals surface area contributed by atoms with Crippen molar-refractivity contribution in [3.63, 3.8) is 0 Å². The van der Waals surface area contributed by atoms with Crippen molar-refractivity contribution < 1.29 is 4.84 Å². The Morgan fingerprint density at radius 2 is 2.40 bits per heavy atom. The van der Waals surface area contributed by atoms with Crippen LogP contribution >= 0.6 is 11.8 Å². The SMILES string of the molecule is NOCCC1CCCCS1. The molecule has 60 valence electrons. The standard InChI is InChI=1S/C7H15NOS/c8-9-5-4-7-3-1-2-6-10-7/h7H,1-6,8H2. The largest absolute Gasteiger partial charge is 0.305 e. The molecule has 1 heterocycles. The van der Waals surface area contributed by atoms with E-state index in [2.05, 4.69) is 16.6 Å². The van der Waals surface area contributed by atoms with Crippen LogP contribution in [0.25, 0.3) is 0 Å². The van der Waals surface area contributed by atoms with Gasteiger partial charge in [0.2, 0.25) is 0 Å². The summed E-state index contributed by atoms with van der Waals surface area (Å²) in [4.78, 5) is 4.53. The van der Waals surface area contributed by atoms with Gasteiger partial charge in [0.15, 0.2) is 0 Å². The van der Waals surface area contributed by atoms with Crippen LogP contribution in [0, 0.1) is 0 Å². The Labute approximate surface area is 66.5 Å². The zero-order valence-electron chi connectivity index (χ0n) is 6.21. The van der Waals surface area contributed by atoms with Crippen molar-refractivity contribution in [3.05, 3.63) is 0 Å². The fourth-order valence-electron chi connectivity index (χ4n) is 1.23. The number of rotatable bonds is 3. The lowest BCUT2D eigenvalue weighted by molar-refractivity contribution is 0.134. The van der Waals surface area contributed by atoms with E-state index >= 15 is 0 Å². The highest BCUT2D eigenvalue weighted by Gasteiger charge is 2.12. The van der Waals surface area contributed by atoms with Gasteiger partial charge in [0.05, 0.1) is 6.61 Å². The summed E-state index contributed by atoms with van der Waals surface area (Å²) in [6.07, 6.45) is 5.27. The van der Waals surface area contributed by atoms with Gasteiger partial charge in [0.25, 0.3) is 0 Å². The lowest BCUT2D eigenvalue weighted by Crippen LogP contribution is -2.13. The third-order valence-corrected chi connectivity index (χ3v) is 3.30. The molecule has 1 atom stereocenters. The summed E-state index contributed by atoms with van der Waals surface area (Å²) in [6.45, 7) is 0.720. The third-order valence-electron chi connectivity index (χ3n) is 1.83. The predicted octanol–water partition coefficient (Wildman–Crippen LogP) is 1.55. The fraction of sp³-hybridized carbons (Fsp3) is 1.00. The van der Waals surface area contributed by atoms with Gasteiger partial charge >= 0.3 is 0 Å². The van der Waals surface area contributed by atoms with Crippen LogP contribution in [0.1, 0.15) is 25.7 Å². The molecule has 1 rings (SSSR count). The van der Waals surface area contributed by atoms with Gasteiger partial charge in [-0.3, -0.25) is 0 Å². The fourth-order valence-corrected chi connectivity index (χ4v) is 2.53. The van der Waals surface area contributed by atoms with E-state index in [0.29, 0.717) is 0 Å². The van der Waals surface area contributed by atoms with Crippen LogP contribution in [0.3, 0.4) is 0 Å². The van der Waals surface area contributed by atoms with Crippen LogP contribution in [0.5, 0.6) is 0 Å². The molecule has 1 aliphatic rings. The van der Waals surface area contributed by atoms with E-state index in [4.69, 9.17) is 5.90 Å². The van der Waals surface area contributed by atoms with Gasteiger partial charge in [-0.05, 0) is 25.0 Å². The highest BCUT2D eigenvalue weighted by Crippen LogP contribution is 2.26. The van der Waals surface area contributed by atoms with Crippen LogP contribution in [0.2, 0.25) is 0 Å². The zero-order chi connectivity index (χ0) is 7.23. The van der Waals surface area contributed by atoms with Crippen molar-refractivity contribution in [2.75, 3.05) is 12.4 Å². The first kappa shape index (κ1) is 8.37. The summed E-state index contributed by atoms with van der Waals surface area (Å²) in [5, 5.41) is 0.817. The molecule has 1 unspecified atom stereocenters. The van der Waals surface area contributed by atoms with Gasteiger partial charge < -0.3 is 4.84 Å². The van der Waals surface area contributed by atoms with Crippen molar-refractivity contribution >= 4 is 11.8 Å². The van der Waals surface area contributed by atoms with Gasteiger partial charge in [0.1, 0.15) is 0 Å². The Bertz CT molecular complexity index is 83.7. The Morgan fingerprint density at radius 3 is 3.00 bits per heavy atom. The van der Waals surface area contributed by atoms with E-state index in [-0.39, 0.29) is 0 Å². The molecular formula is C7H15NOS. The van der Waals surface area contributed by atoms with E-state index in [0.717, 1.165) is 18.3 Å². The minimum Gasteiger partial charge on any atom is -0.305 e. The topological polar surface area (TPSA) is 35.2 Å². The maximum atomic E-state index is 4.94. The maximum Gasteiger partial charge on any atom is 0.0689 e. The summed E-state index contributed by atoms with van der Waals surface area (Å²) in [7, 11) is 0. The molecule has 0 aromatic rings. The van der Waals surface area contributed by atoms with E-state index in [1.165, 1.54) is 25.0 Å². The second-order valence-electron chi connectivity index (χ2n) is 2.65. The van der Waals surface area contributed by atoms with Gasteiger partial charge in [-0.25, -0.2) is 5.90 Å². The second-order valence-corrected chi connectivity index (χ2v) is 4.06. The van der Waals surface area contributed by atoms with Crippen LogP contribution in [-0.4, -0.2) is 17.6 Å². The molecule has 1 fully saturated rings. The number of thioether (sulfide) groups is 1. The molecule has 2 nitrogen and oxygen atoms in total. The normalized spacial score (nSPS) is 26.7. The monoisotopic (exact) mass is 161 g/mol.